The molecule has 0 aliphatic rings. The lowest BCUT2D eigenvalue weighted by molar-refractivity contribution is 0.102. The van der Waals surface area contributed by atoms with Crippen LogP contribution < -0.4 is 5.32 Å². The topological polar surface area (TPSA) is 55.1 Å². The van der Waals surface area contributed by atoms with E-state index in [1.807, 2.05) is 79.7 Å². The fraction of sp³-hybridized carbons (Fsp3) is 0.0476. The largest absolute Gasteiger partial charge is 0.436 e. The number of nitrogens with one attached hydrogen (secondary N) is 1. The molecule has 4 rings (SSSR count). The fourth-order valence-electron chi connectivity index (χ4n) is 2.75. The van der Waals surface area contributed by atoms with Crippen molar-refractivity contribution in [3.8, 4) is 11.5 Å². The minimum Gasteiger partial charge on any atom is -0.436 e. The lowest BCUT2D eigenvalue weighted by Gasteiger charge is -2.08. The molecule has 4 nitrogen and oxygen atoms in total. The quantitative estimate of drug-likeness (QED) is 0.572. The highest BCUT2D eigenvalue weighted by molar-refractivity contribution is 6.05. The maximum atomic E-state index is 12.5. The summed E-state index contributed by atoms with van der Waals surface area (Å²) in [4.78, 5) is 17.0. The first-order chi connectivity index (χ1) is 12.2. The van der Waals surface area contributed by atoms with Gasteiger partial charge in [-0.2, -0.15) is 0 Å². The molecule has 0 atom stereocenters. The first kappa shape index (κ1) is 15.1. The van der Waals surface area contributed by atoms with Crippen molar-refractivity contribution >= 4 is 22.7 Å². The van der Waals surface area contributed by atoms with Gasteiger partial charge in [-0.15, -0.1) is 0 Å². The molecule has 0 radical (unpaired) electrons. The van der Waals surface area contributed by atoms with Crippen LogP contribution in [0.2, 0.25) is 0 Å². The molecule has 3 aromatic carbocycles. The smallest absolute Gasteiger partial charge is 0.255 e. The Morgan fingerprint density at radius 1 is 0.960 bits per heavy atom. The van der Waals surface area contributed by atoms with Crippen molar-refractivity contribution in [2.45, 2.75) is 6.92 Å². The second kappa shape index (κ2) is 6.24. The lowest BCUT2D eigenvalue weighted by atomic mass is 10.1. The third-order valence-corrected chi connectivity index (χ3v) is 4.05. The van der Waals surface area contributed by atoms with Gasteiger partial charge in [0, 0.05) is 16.8 Å². The van der Waals surface area contributed by atoms with E-state index >= 15 is 0 Å². The van der Waals surface area contributed by atoms with Gasteiger partial charge in [0.15, 0.2) is 5.58 Å². The van der Waals surface area contributed by atoms with Crippen LogP contribution in [0.25, 0.3) is 22.6 Å². The van der Waals surface area contributed by atoms with E-state index in [9.17, 15) is 4.79 Å². The van der Waals surface area contributed by atoms with Gasteiger partial charge in [-0.05, 0) is 48.9 Å². The first-order valence-corrected chi connectivity index (χ1v) is 8.04. The molecule has 4 heteroatoms. The molecule has 1 aromatic heterocycles. The number of carbonyl (C=O) groups is 1. The molecule has 4 aromatic rings. The van der Waals surface area contributed by atoms with E-state index in [4.69, 9.17) is 4.42 Å². The number of benzene rings is 3. The molecule has 1 N–H and O–H groups in total. The second-order valence-corrected chi connectivity index (χ2v) is 5.84. The lowest BCUT2D eigenvalue weighted by Crippen LogP contribution is -2.13. The molecule has 0 saturated carbocycles. The van der Waals surface area contributed by atoms with Crippen molar-refractivity contribution in [3.05, 3.63) is 83.9 Å². The molecule has 1 amide bonds. The summed E-state index contributed by atoms with van der Waals surface area (Å²) in [6.07, 6.45) is 0. The van der Waals surface area contributed by atoms with E-state index in [1.54, 1.807) is 0 Å². The number of aromatic nitrogens is 1. The van der Waals surface area contributed by atoms with Crippen LogP contribution in [0.3, 0.4) is 0 Å². The van der Waals surface area contributed by atoms with E-state index in [2.05, 4.69) is 10.3 Å². The van der Waals surface area contributed by atoms with Crippen molar-refractivity contribution in [1.82, 2.24) is 4.98 Å². The maximum absolute atomic E-state index is 12.5. The summed E-state index contributed by atoms with van der Waals surface area (Å²) in [5.41, 5.74) is 4.68. The van der Waals surface area contributed by atoms with E-state index in [1.165, 1.54) is 0 Å². The third kappa shape index (κ3) is 3.02. The first-order valence-electron chi connectivity index (χ1n) is 8.04. The minimum atomic E-state index is -0.132. The van der Waals surface area contributed by atoms with Crippen molar-refractivity contribution in [1.29, 1.82) is 0 Å². The minimum absolute atomic E-state index is 0.132. The summed E-state index contributed by atoms with van der Waals surface area (Å²) in [5.74, 6) is 0.404. The number of nitrogens with zero attached hydrogens (tertiary/aromatic N) is 1. The fourth-order valence-corrected chi connectivity index (χ4v) is 2.75. The number of oxazole rings is 1. The molecule has 25 heavy (non-hydrogen) atoms. The van der Waals surface area contributed by atoms with Crippen LogP contribution in [0.15, 0.2) is 77.2 Å². The zero-order valence-corrected chi connectivity index (χ0v) is 13.7. The number of anilines is 1. The molecule has 0 spiro atoms. The van der Waals surface area contributed by atoms with Gasteiger partial charge >= 0.3 is 0 Å². The maximum Gasteiger partial charge on any atom is 0.255 e. The van der Waals surface area contributed by atoms with Gasteiger partial charge in [0.2, 0.25) is 5.89 Å². The normalized spacial score (nSPS) is 10.8. The van der Waals surface area contributed by atoms with Crippen molar-refractivity contribution in [3.63, 3.8) is 0 Å². The number of hydrogen-bond donors (Lipinski definition) is 1. The molecule has 0 fully saturated rings. The van der Waals surface area contributed by atoms with Crippen molar-refractivity contribution in [2.24, 2.45) is 0 Å². The van der Waals surface area contributed by atoms with Crippen molar-refractivity contribution < 1.29 is 9.21 Å². The number of para-hydroxylation sites is 2. The number of hydrogen-bond acceptors (Lipinski definition) is 3. The van der Waals surface area contributed by atoms with Gasteiger partial charge in [0.1, 0.15) is 5.52 Å². The highest BCUT2D eigenvalue weighted by atomic mass is 16.3. The summed E-state index contributed by atoms with van der Waals surface area (Å²) in [6.45, 7) is 1.92. The molecule has 0 unspecified atom stereocenters. The molecule has 1 heterocycles. The van der Waals surface area contributed by atoms with Crippen LogP contribution in [-0.2, 0) is 0 Å². The van der Waals surface area contributed by atoms with Gasteiger partial charge in [-0.25, -0.2) is 4.98 Å². The number of aryl methyl sites for hydroxylation is 1. The molecular formula is C21H16N2O2. The van der Waals surface area contributed by atoms with Crippen LogP contribution >= 0.6 is 0 Å². The zero-order chi connectivity index (χ0) is 17.2. The average molecular weight is 328 g/mol. The van der Waals surface area contributed by atoms with Gasteiger partial charge in [-0.1, -0.05) is 36.4 Å². The summed E-state index contributed by atoms with van der Waals surface area (Å²) < 4.78 is 5.79. The SMILES string of the molecule is Cc1ccccc1C(=O)Nc1cccc(-c2nc3ccccc3o2)c1. The summed E-state index contributed by atoms with van der Waals surface area (Å²) >= 11 is 0. The molecule has 0 aliphatic carbocycles. The Labute approximate surface area is 145 Å². The highest BCUT2D eigenvalue weighted by Crippen LogP contribution is 2.26. The molecule has 0 aliphatic heterocycles. The number of rotatable bonds is 3. The summed E-state index contributed by atoms with van der Waals surface area (Å²) in [6, 6.07) is 22.6. The average Bonchev–Trinajstić information content (AvgIpc) is 3.06. The Hall–Kier alpha value is -3.40. The molecular weight excluding hydrogens is 312 g/mol. The standard InChI is InChI=1S/C21H16N2O2/c1-14-7-2-3-10-17(14)20(24)22-16-9-6-8-15(13-16)21-23-18-11-4-5-12-19(18)25-21/h2-13H,1H3,(H,22,24). The summed E-state index contributed by atoms with van der Waals surface area (Å²) in [7, 11) is 0. The van der Waals surface area contributed by atoms with E-state index in [0.717, 1.165) is 22.2 Å². The van der Waals surface area contributed by atoms with Gasteiger partial charge in [-0.3, -0.25) is 4.79 Å². The van der Waals surface area contributed by atoms with Crippen LogP contribution in [0.5, 0.6) is 0 Å². The predicted molar refractivity (Wildman–Crippen MR) is 98.6 cm³/mol. The van der Waals surface area contributed by atoms with Gasteiger partial charge in [0.05, 0.1) is 0 Å². The van der Waals surface area contributed by atoms with Crippen LogP contribution in [0, 0.1) is 6.92 Å². The van der Waals surface area contributed by atoms with E-state index in [-0.39, 0.29) is 5.91 Å². The number of carbonyl (C=O) groups excluding carboxylic acids is 1. The number of amides is 1. The summed E-state index contributed by atoms with van der Waals surface area (Å²) in [5, 5.41) is 2.93. The Morgan fingerprint density at radius 2 is 1.76 bits per heavy atom. The number of fused-ring (bicyclic) bond motifs is 1. The Balaban J connectivity index is 1.63. The highest BCUT2D eigenvalue weighted by Gasteiger charge is 2.11. The van der Waals surface area contributed by atoms with Crippen LogP contribution in [0.1, 0.15) is 15.9 Å². The Morgan fingerprint density at radius 3 is 2.60 bits per heavy atom. The van der Waals surface area contributed by atoms with Crippen LogP contribution in [-0.4, -0.2) is 10.9 Å². The second-order valence-electron chi connectivity index (χ2n) is 5.84. The van der Waals surface area contributed by atoms with Gasteiger partial charge < -0.3 is 9.73 Å². The Kier molecular flexibility index (Phi) is 3.78. The monoisotopic (exact) mass is 328 g/mol. The van der Waals surface area contributed by atoms with Gasteiger partial charge in [0.25, 0.3) is 5.91 Å². The van der Waals surface area contributed by atoms with Crippen molar-refractivity contribution in [2.75, 3.05) is 5.32 Å². The molecule has 0 saturated heterocycles. The molecule has 122 valence electrons. The predicted octanol–water partition coefficient (Wildman–Crippen LogP) is 5.06. The Bertz CT molecular complexity index is 1030. The molecule has 0 bridgehead atoms. The third-order valence-electron chi connectivity index (χ3n) is 4.05. The van der Waals surface area contributed by atoms with E-state index in [0.29, 0.717) is 17.1 Å². The zero-order valence-electron chi connectivity index (χ0n) is 13.7. The van der Waals surface area contributed by atoms with E-state index < -0.39 is 0 Å². The van der Waals surface area contributed by atoms with Crippen LogP contribution in [0.4, 0.5) is 5.69 Å².